The zero-order chi connectivity index (χ0) is 25.7. The molecule has 0 aliphatic carbocycles. The number of aromatic hydroxyl groups is 1. The number of phenolic OH excluding ortho intramolecular Hbond substituents is 1. The first-order chi connectivity index (χ1) is 17.0. The van der Waals surface area contributed by atoms with E-state index in [4.69, 9.17) is 9.47 Å². The van der Waals surface area contributed by atoms with E-state index in [1.165, 1.54) is 64.2 Å². The molecule has 0 atom stereocenters. The number of carbonyl (C=O) groups is 1. The second-order valence-corrected chi connectivity index (χ2v) is 9.86. The van der Waals surface area contributed by atoms with Crippen LogP contribution in [0.4, 0.5) is 4.79 Å². The van der Waals surface area contributed by atoms with Crippen LogP contribution in [0, 0.1) is 0 Å². The van der Waals surface area contributed by atoms with Crippen molar-refractivity contribution in [2.75, 3.05) is 6.61 Å². The zero-order valence-corrected chi connectivity index (χ0v) is 22.8. The molecule has 0 unspecified atom stereocenters. The van der Waals surface area contributed by atoms with Crippen LogP contribution in [-0.2, 0) is 12.8 Å². The number of hydrogen-bond acceptors (Lipinski definition) is 4. The summed E-state index contributed by atoms with van der Waals surface area (Å²) in [7, 11) is 0. The fraction of sp³-hybridized carbons (Fsp3) is 0.767. The number of rotatable bonds is 22. The van der Waals surface area contributed by atoms with E-state index in [-0.39, 0.29) is 11.5 Å². The number of carboxylic acid groups (broad SMARTS) is 1. The van der Waals surface area contributed by atoms with Crippen LogP contribution in [0.1, 0.15) is 141 Å². The highest BCUT2D eigenvalue weighted by Gasteiger charge is 2.21. The van der Waals surface area contributed by atoms with Crippen molar-refractivity contribution in [3.8, 4) is 17.2 Å². The Morgan fingerprint density at radius 1 is 0.714 bits per heavy atom. The number of hydrogen-bond donors (Lipinski definition) is 2. The second kappa shape index (κ2) is 20.3. The highest BCUT2D eigenvalue weighted by Crippen LogP contribution is 2.43. The summed E-state index contributed by atoms with van der Waals surface area (Å²) in [5.74, 6) is 0.248. The fourth-order valence-corrected chi connectivity index (χ4v) is 4.60. The lowest BCUT2D eigenvalue weighted by Gasteiger charge is -2.19. The molecule has 0 bridgehead atoms. The SMILES string of the molecule is CCCCCCCCCc1cc(OC(=O)O)c(O)c(OCCCCC)c1CCCCCCCCC. The van der Waals surface area contributed by atoms with E-state index in [9.17, 15) is 15.0 Å². The lowest BCUT2D eigenvalue weighted by molar-refractivity contribution is 0.142. The molecule has 1 aromatic rings. The van der Waals surface area contributed by atoms with Crippen molar-refractivity contribution >= 4 is 6.16 Å². The van der Waals surface area contributed by atoms with Crippen molar-refractivity contribution < 1.29 is 24.5 Å². The quantitative estimate of drug-likeness (QED) is 0.0957. The molecule has 0 fully saturated rings. The number of phenols is 1. The van der Waals surface area contributed by atoms with Crippen LogP contribution in [0.15, 0.2) is 6.07 Å². The van der Waals surface area contributed by atoms with Crippen molar-refractivity contribution in [1.29, 1.82) is 0 Å². The molecule has 0 radical (unpaired) electrons. The van der Waals surface area contributed by atoms with Gasteiger partial charge in [-0.1, -0.05) is 111 Å². The Labute approximate surface area is 214 Å². The maximum Gasteiger partial charge on any atom is 0.511 e. The van der Waals surface area contributed by atoms with E-state index >= 15 is 0 Å². The highest BCUT2D eigenvalue weighted by atomic mass is 16.7. The highest BCUT2D eigenvalue weighted by molar-refractivity contribution is 5.67. The molecule has 5 heteroatoms. The minimum atomic E-state index is -1.42. The molecule has 0 heterocycles. The normalized spacial score (nSPS) is 11.1. The van der Waals surface area contributed by atoms with Crippen LogP contribution < -0.4 is 9.47 Å². The Morgan fingerprint density at radius 3 is 1.74 bits per heavy atom. The van der Waals surface area contributed by atoms with Crippen molar-refractivity contribution in [3.63, 3.8) is 0 Å². The summed E-state index contributed by atoms with van der Waals surface area (Å²) in [6.45, 7) is 7.12. The van der Waals surface area contributed by atoms with E-state index in [1.54, 1.807) is 6.07 Å². The summed E-state index contributed by atoms with van der Waals surface area (Å²) in [4.78, 5) is 11.3. The average molecular weight is 493 g/mol. The van der Waals surface area contributed by atoms with Crippen molar-refractivity contribution in [2.45, 2.75) is 143 Å². The second-order valence-electron chi connectivity index (χ2n) is 9.86. The molecule has 5 nitrogen and oxygen atoms in total. The Bertz CT molecular complexity index is 686. The molecule has 202 valence electrons. The van der Waals surface area contributed by atoms with Gasteiger partial charge in [0.15, 0.2) is 11.5 Å². The predicted octanol–water partition coefficient (Wildman–Crippen LogP) is 9.60. The summed E-state index contributed by atoms with van der Waals surface area (Å²) in [6.07, 6.45) is 20.4. The Kier molecular flexibility index (Phi) is 18.0. The predicted molar refractivity (Wildman–Crippen MR) is 145 cm³/mol. The summed E-state index contributed by atoms with van der Waals surface area (Å²) < 4.78 is 11.0. The van der Waals surface area contributed by atoms with Crippen LogP contribution in [0.25, 0.3) is 0 Å². The molecule has 0 aliphatic rings. The van der Waals surface area contributed by atoms with Gasteiger partial charge in [0.2, 0.25) is 5.75 Å². The summed E-state index contributed by atoms with van der Waals surface area (Å²) in [6, 6.07) is 1.73. The van der Waals surface area contributed by atoms with Crippen LogP contribution in [-0.4, -0.2) is 23.0 Å². The van der Waals surface area contributed by atoms with Crippen LogP contribution in [0.5, 0.6) is 17.2 Å². The smallest absolute Gasteiger partial charge is 0.502 e. The largest absolute Gasteiger partial charge is 0.511 e. The Morgan fingerprint density at radius 2 is 1.20 bits per heavy atom. The molecule has 0 amide bonds. The standard InChI is InChI=1S/C30H52O5/c1-4-7-10-12-14-16-18-21-25-24-27(35-30(32)33)28(31)29(34-23-20-9-6-3)26(25)22-19-17-15-13-11-8-5-2/h24,31H,4-23H2,1-3H3,(H,32,33). The minimum absolute atomic E-state index is 0.00995. The van der Waals surface area contributed by atoms with Gasteiger partial charge in [-0.05, 0) is 43.7 Å². The Hall–Kier alpha value is -1.91. The number of benzene rings is 1. The molecule has 0 saturated heterocycles. The lowest BCUT2D eigenvalue weighted by atomic mass is 9.94. The van der Waals surface area contributed by atoms with Gasteiger partial charge >= 0.3 is 6.16 Å². The van der Waals surface area contributed by atoms with Crippen molar-refractivity contribution in [3.05, 3.63) is 17.2 Å². The van der Waals surface area contributed by atoms with E-state index in [0.29, 0.717) is 12.4 Å². The van der Waals surface area contributed by atoms with E-state index in [1.807, 2.05) is 0 Å². The zero-order valence-electron chi connectivity index (χ0n) is 22.8. The average Bonchev–Trinajstić information content (AvgIpc) is 2.83. The monoisotopic (exact) mass is 492 g/mol. The Balaban J connectivity index is 2.97. The van der Waals surface area contributed by atoms with Gasteiger partial charge in [-0.3, -0.25) is 0 Å². The molecule has 35 heavy (non-hydrogen) atoms. The number of ether oxygens (including phenoxy) is 2. The van der Waals surface area contributed by atoms with Gasteiger partial charge < -0.3 is 19.7 Å². The van der Waals surface area contributed by atoms with Crippen LogP contribution in [0.2, 0.25) is 0 Å². The van der Waals surface area contributed by atoms with Gasteiger partial charge in [0.1, 0.15) is 0 Å². The van der Waals surface area contributed by atoms with Crippen molar-refractivity contribution in [1.82, 2.24) is 0 Å². The maximum absolute atomic E-state index is 11.3. The third-order valence-corrected chi connectivity index (χ3v) is 6.69. The van der Waals surface area contributed by atoms with E-state index in [0.717, 1.165) is 68.9 Å². The first-order valence-electron chi connectivity index (χ1n) is 14.5. The van der Waals surface area contributed by atoms with Gasteiger partial charge in [-0.15, -0.1) is 0 Å². The van der Waals surface area contributed by atoms with Gasteiger partial charge in [-0.25, -0.2) is 4.79 Å². The summed E-state index contributed by atoms with van der Waals surface area (Å²) in [5, 5.41) is 20.1. The first kappa shape index (κ1) is 31.1. The van der Waals surface area contributed by atoms with E-state index < -0.39 is 6.16 Å². The third-order valence-electron chi connectivity index (χ3n) is 6.69. The summed E-state index contributed by atoms with van der Waals surface area (Å²) in [5.41, 5.74) is 2.10. The molecule has 0 spiro atoms. The van der Waals surface area contributed by atoms with E-state index in [2.05, 4.69) is 20.8 Å². The maximum atomic E-state index is 11.3. The van der Waals surface area contributed by atoms with Crippen LogP contribution >= 0.6 is 0 Å². The lowest BCUT2D eigenvalue weighted by Crippen LogP contribution is -2.08. The van der Waals surface area contributed by atoms with Gasteiger partial charge in [-0.2, -0.15) is 0 Å². The molecular formula is C30H52O5. The first-order valence-corrected chi connectivity index (χ1v) is 14.5. The number of unbranched alkanes of at least 4 members (excludes halogenated alkanes) is 14. The summed E-state index contributed by atoms with van der Waals surface area (Å²) >= 11 is 0. The topological polar surface area (TPSA) is 76.0 Å². The molecule has 1 aromatic carbocycles. The third kappa shape index (κ3) is 13.7. The fourth-order valence-electron chi connectivity index (χ4n) is 4.60. The molecule has 2 N–H and O–H groups in total. The van der Waals surface area contributed by atoms with Crippen LogP contribution in [0.3, 0.4) is 0 Å². The van der Waals surface area contributed by atoms with Gasteiger partial charge in [0, 0.05) is 5.56 Å². The molecule has 1 rings (SSSR count). The van der Waals surface area contributed by atoms with Gasteiger partial charge in [0.05, 0.1) is 6.61 Å². The molecule has 0 aromatic heterocycles. The molecule has 0 aliphatic heterocycles. The molecule has 0 saturated carbocycles. The van der Waals surface area contributed by atoms with Crippen molar-refractivity contribution in [2.24, 2.45) is 0 Å². The number of aryl methyl sites for hydroxylation is 1. The molecular weight excluding hydrogens is 440 g/mol. The van der Waals surface area contributed by atoms with Gasteiger partial charge in [0.25, 0.3) is 0 Å². The minimum Gasteiger partial charge on any atom is -0.502 e.